The van der Waals surface area contributed by atoms with Crippen LogP contribution in [0.1, 0.15) is 68.2 Å². The maximum absolute atomic E-state index is 13.1. The molecule has 5 rings (SSSR count). The van der Waals surface area contributed by atoms with Gasteiger partial charge in [-0.15, -0.1) is 0 Å². The van der Waals surface area contributed by atoms with Crippen molar-refractivity contribution in [3.05, 3.63) is 41.3 Å². The van der Waals surface area contributed by atoms with Crippen LogP contribution in [0.15, 0.2) is 24.4 Å². The zero-order valence-corrected chi connectivity index (χ0v) is 19.4. The first kappa shape index (κ1) is 23.0. The second-order valence-electron chi connectivity index (χ2n) is 9.17. The topological polar surface area (TPSA) is 172 Å². The summed E-state index contributed by atoms with van der Waals surface area (Å²) in [6, 6.07) is 4.31. The van der Waals surface area contributed by atoms with E-state index in [0.29, 0.717) is 47.5 Å². The maximum atomic E-state index is 13.1. The predicted molar refractivity (Wildman–Crippen MR) is 127 cm³/mol. The lowest BCUT2D eigenvalue weighted by atomic mass is 10.1. The molecule has 0 aromatic carbocycles. The number of hydrogen-bond acceptors (Lipinski definition) is 10. The second-order valence-corrected chi connectivity index (χ2v) is 9.17. The molecule has 1 amide bonds. The number of nitrogens with zero attached hydrogens (tertiary/aromatic N) is 5. The van der Waals surface area contributed by atoms with Crippen LogP contribution < -0.4 is 15.5 Å². The van der Waals surface area contributed by atoms with Crippen LogP contribution in [0.5, 0.6) is 5.88 Å². The quantitative estimate of drug-likeness (QED) is 0.307. The number of pyridine rings is 1. The third-order valence-electron chi connectivity index (χ3n) is 6.35. The summed E-state index contributed by atoms with van der Waals surface area (Å²) in [4.78, 5) is 27.9. The Balaban J connectivity index is 1.45. The SMILES string of the molecule is CC(C)c1cc(Nc2nc(N3CCCC3C(=O)Nc3ccc(O)nc3)nc3c2[C@H](O)C[C@@H]3O)n[nH]1. The first-order chi connectivity index (χ1) is 16.8. The van der Waals surface area contributed by atoms with Crippen LogP contribution in [0.4, 0.5) is 23.3 Å². The number of rotatable bonds is 6. The van der Waals surface area contributed by atoms with E-state index in [2.05, 4.69) is 35.8 Å². The van der Waals surface area contributed by atoms with Crippen molar-refractivity contribution in [1.82, 2.24) is 25.1 Å². The first-order valence-corrected chi connectivity index (χ1v) is 11.6. The molecule has 3 aromatic heterocycles. The lowest BCUT2D eigenvalue weighted by Crippen LogP contribution is -2.40. The van der Waals surface area contributed by atoms with Crippen LogP contribution in [0.25, 0.3) is 0 Å². The number of aromatic amines is 1. The highest BCUT2D eigenvalue weighted by Crippen LogP contribution is 2.43. The van der Waals surface area contributed by atoms with Gasteiger partial charge >= 0.3 is 0 Å². The number of hydrogen-bond donors (Lipinski definition) is 6. The molecular formula is C23H28N8O4. The summed E-state index contributed by atoms with van der Waals surface area (Å²) in [7, 11) is 0. The minimum absolute atomic E-state index is 0.123. The molecule has 1 aliphatic carbocycles. The number of nitrogens with one attached hydrogen (secondary N) is 3. The van der Waals surface area contributed by atoms with Crippen LogP contribution in [-0.4, -0.2) is 59.0 Å². The monoisotopic (exact) mass is 480 g/mol. The minimum atomic E-state index is -0.939. The van der Waals surface area contributed by atoms with Gasteiger partial charge in [0.15, 0.2) is 5.82 Å². The average Bonchev–Trinajstić information content (AvgIpc) is 3.55. The van der Waals surface area contributed by atoms with E-state index in [4.69, 9.17) is 0 Å². The zero-order valence-electron chi connectivity index (χ0n) is 19.4. The first-order valence-electron chi connectivity index (χ1n) is 11.6. The van der Waals surface area contributed by atoms with E-state index in [1.54, 1.807) is 11.0 Å². The fourth-order valence-electron chi connectivity index (χ4n) is 4.50. The number of aromatic hydroxyl groups is 1. The van der Waals surface area contributed by atoms with E-state index in [1.165, 1.54) is 12.3 Å². The lowest BCUT2D eigenvalue weighted by molar-refractivity contribution is -0.117. The van der Waals surface area contributed by atoms with Gasteiger partial charge in [0.2, 0.25) is 17.7 Å². The lowest BCUT2D eigenvalue weighted by Gasteiger charge is -2.25. The van der Waals surface area contributed by atoms with Gasteiger partial charge in [-0.25, -0.2) is 9.97 Å². The van der Waals surface area contributed by atoms with Gasteiger partial charge in [-0.1, -0.05) is 13.8 Å². The van der Waals surface area contributed by atoms with Gasteiger partial charge in [0.1, 0.15) is 11.9 Å². The zero-order chi connectivity index (χ0) is 24.7. The Hall–Kier alpha value is -3.77. The van der Waals surface area contributed by atoms with Gasteiger partial charge in [0.05, 0.1) is 29.8 Å². The summed E-state index contributed by atoms with van der Waals surface area (Å²) in [5.74, 6) is 1.05. The second kappa shape index (κ2) is 9.12. The van der Waals surface area contributed by atoms with E-state index in [9.17, 15) is 20.1 Å². The number of anilines is 4. The van der Waals surface area contributed by atoms with Crippen molar-refractivity contribution in [2.75, 3.05) is 22.1 Å². The third-order valence-corrected chi connectivity index (χ3v) is 6.35. The Morgan fingerprint density at radius 2 is 2.06 bits per heavy atom. The Morgan fingerprint density at radius 3 is 2.77 bits per heavy atom. The largest absolute Gasteiger partial charge is 0.493 e. The van der Waals surface area contributed by atoms with Gasteiger partial charge in [-0.3, -0.25) is 9.89 Å². The van der Waals surface area contributed by atoms with Gasteiger partial charge in [0.25, 0.3) is 0 Å². The van der Waals surface area contributed by atoms with Crippen molar-refractivity contribution in [3.8, 4) is 5.88 Å². The number of carbonyl (C=O) groups excluding carboxylic acids is 1. The van der Waals surface area contributed by atoms with Crippen molar-refractivity contribution >= 4 is 29.2 Å². The number of H-pyrrole nitrogens is 1. The standard InChI is InChI=1S/C23H28N8O4/c1-11(2)13-8-17(30-29-13)26-21-19-15(32)9-16(33)20(19)27-23(28-21)31-7-3-4-14(31)22(35)25-12-5-6-18(34)24-10-12/h5-6,8,10-11,14-16,32-33H,3-4,7,9H2,1-2H3,(H,24,34)(H,25,35)(H2,26,27,28,29,30)/t14?,15-,16+/m1/s1. The number of amides is 1. The summed E-state index contributed by atoms with van der Waals surface area (Å²) < 4.78 is 0. The number of aromatic nitrogens is 5. The minimum Gasteiger partial charge on any atom is -0.493 e. The maximum Gasteiger partial charge on any atom is 0.247 e. The van der Waals surface area contributed by atoms with Crippen LogP contribution >= 0.6 is 0 Å². The molecule has 0 radical (unpaired) electrons. The Kier molecular flexibility index (Phi) is 5.99. The molecule has 6 N–H and O–H groups in total. The summed E-state index contributed by atoms with van der Waals surface area (Å²) in [6.45, 7) is 4.65. The summed E-state index contributed by atoms with van der Waals surface area (Å²) in [6.07, 6.45) is 1.01. The highest BCUT2D eigenvalue weighted by atomic mass is 16.3. The van der Waals surface area contributed by atoms with Crippen LogP contribution in [0, 0.1) is 0 Å². The molecule has 3 aromatic rings. The van der Waals surface area contributed by atoms with Crippen molar-refractivity contribution in [3.63, 3.8) is 0 Å². The molecule has 4 heterocycles. The predicted octanol–water partition coefficient (Wildman–Crippen LogP) is 2.25. The number of carbonyl (C=O) groups is 1. The molecular weight excluding hydrogens is 452 g/mol. The van der Waals surface area contributed by atoms with E-state index in [0.717, 1.165) is 12.1 Å². The highest BCUT2D eigenvalue weighted by Gasteiger charge is 2.38. The number of fused-ring (bicyclic) bond motifs is 1. The Labute approximate surface area is 201 Å². The summed E-state index contributed by atoms with van der Waals surface area (Å²) in [5.41, 5.74) is 2.19. The molecule has 1 aliphatic heterocycles. The average molecular weight is 481 g/mol. The summed E-state index contributed by atoms with van der Waals surface area (Å²) >= 11 is 0. The Bertz CT molecular complexity index is 1230. The number of aliphatic hydroxyl groups is 2. The van der Waals surface area contributed by atoms with Crippen molar-refractivity contribution < 1.29 is 20.1 Å². The van der Waals surface area contributed by atoms with Gasteiger partial charge in [-0.2, -0.15) is 10.1 Å². The molecule has 12 nitrogen and oxygen atoms in total. The van der Waals surface area contributed by atoms with Crippen molar-refractivity contribution in [2.45, 2.75) is 57.3 Å². The smallest absolute Gasteiger partial charge is 0.247 e. The molecule has 184 valence electrons. The highest BCUT2D eigenvalue weighted by molar-refractivity contribution is 5.97. The fourth-order valence-corrected chi connectivity index (χ4v) is 4.50. The van der Waals surface area contributed by atoms with Gasteiger partial charge in [-0.05, 0) is 24.8 Å². The summed E-state index contributed by atoms with van der Waals surface area (Å²) in [5, 5.41) is 43.7. The normalized spacial score (nSPS) is 21.4. The van der Waals surface area contributed by atoms with Crippen LogP contribution in [-0.2, 0) is 4.79 Å². The van der Waals surface area contributed by atoms with E-state index < -0.39 is 18.2 Å². The Morgan fingerprint density at radius 1 is 1.23 bits per heavy atom. The molecule has 0 spiro atoms. The third kappa shape index (κ3) is 4.49. The van der Waals surface area contributed by atoms with Gasteiger partial charge < -0.3 is 30.9 Å². The molecule has 0 bridgehead atoms. The van der Waals surface area contributed by atoms with Crippen molar-refractivity contribution in [2.24, 2.45) is 0 Å². The molecule has 12 heteroatoms. The molecule has 2 aliphatic rings. The van der Waals surface area contributed by atoms with E-state index >= 15 is 0 Å². The van der Waals surface area contributed by atoms with E-state index in [1.807, 2.05) is 19.9 Å². The molecule has 1 fully saturated rings. The molecule has 1 saturated heterocycles. The van der Waals surface area contributed by atoms with Crippen LogP contribution in [0.3, 0.4) is 0 Å². The number of aliphatic hydroxyl groups excluding tert-OH is 2. The molecule has 35 heavy (non-hydrogen) atoms. The molecule has 0 saturated carbocycles. The fraction of sp³-hybridized carbons (Fsp3) is 0.435. The van der Waals surface area contributed by atoms with E-state index in [-0.39, 0.29) is 24.1 Å². The molecule has 1 unspecified atom stereocenters. The molecule has 3 atom stereocenters. The van der Waals surface area contributed by atoms with Crippen LogP contribution in [0.2, 0.25) is 0 Å². The van der Waals surface area contributed by atoms with Crippen molar-refractivity contribution in [1.29, 1.82) is 0 Å². The van der Waals surface area contributed by atoms with Gasteiger partial charge in [0, 0.05) is 36.4 Å².